The topological polar surface area (TPSA) is 0 Å². The Morgan fingerprint density at radius 1 is 0.660 bits per heavy atom. The molecule has 2 radical (unpaired) electrons. The van der Waals surface area contributed by atoms with Crippen molar-refractivity contribution in [2.24, 2.45) is 0 Å². The Morgan fingerprint density at radius 3 is 1.81 bits per heavy atom. The molecule has 6 aromatic carbocycles. The standard InChI is InChI=1S/C22H25.C19H19.C2H6Si.2ClH.Zr/c1-15(2)18-13-17-7-6-8-20(21(17)14-18)16-9-11-19(12-10-16)22(3,4)5;1-12-9-18-14(3)6-8-17(19(18)10-12)16-7-5-13(2)15(4)11-16;1-3-2;;;/h6-15H,1-5H3;5-11H,1-4H3;1-2H3;2*1H;/q2*-1;;;;+4/p-2. The molecule has 0 aliphatic carbocycles. The summed E-state index contributed by atoms with van der Waals surface area (Å²) in [6.07, 6.45) is 0. The van der Waals surface area contributed by atoms with Crippen molar-refractivity contribution in [2.45, 2.75) is 86.7 Å². The van der Waals surface area contributed by atoms with Gasteiger partial charge >= 0.3 is 37.9 Å². The number of benzene rings is 4. The Hall–Kier alpha value is -2.22. The van der Waals surface area contributed by atoms with Gasteiger partial charge in [-0.05, 0) is 53.0 Å². The van der Waals surface area contributed by atoms with Crippen molar-refractivity contribution in [3.63, 3.8) is 0 Å². The number of hydrogen-bond acceptors (Lipinski definition) is 0. The van der Waals surface area contributed by atoms with Gasteiger partial charge in [-0.25, -0.2) is 0 Å². The first-order valence-electron chi connectivity index (χ1n) is 16.3. The zero-order valence-corrected chi connectivity index (χ0v) is 35.0. The van der Waals surface area contributed by atoms with E-state index in [9.17, 15) is 0 Å². The fraction of sp³-hybridized carbons (Fsp3) is 0.302. The first-order chi connectivity index (χ1) is 22.2. The summed E-state index contributed by atoms with van der Waals surface area (Å²) in [5.41, 5.74) is 13.7. The van der Waals surface area contributed by atoms with Gasteiger partial charge in [0.2, 0.25) is 0 Å². The Labute approximate surface area is 306 Å². The van der Waals surface area contributed by atoms with Crippen LogP contribution in [0.3, 0.4) is 0 Å². The predicted octanol–water partition coefficient (Wildman–Crippen LogP) is 14.3. The summed E-state index contributed by atoms with van der Waals surface area (Å²) < 4.78 is 0. The molecule has 0 aromatic heterocycles. The molecule has 0 amide bonds. The molecule has 0 saturated heterocycles. The van der Waals surface area contributed by atoms with Crippen LogP contribution in [0.25, 0.3) is 43.8 Å². The fourth-order valence-corrected chi connectivity index (χ4v) is 5.74. The van der Waals surface area contributed by atoms with Gasteiger partial charge in [0.1, 0.15) is 0 Å². The molecule has 0 saturated carbocycles. The zero-order valence-electron chi connectivity index (χ0n) is 30.1. The minimum absolute atomic E-state index is 0.204. The second-order valence-corrected chi connectivity index (χ2v) is 18.5. The fourth-order valence-electron chi connectivity index (χ4n) is 5.74. The molecule has 0 aliphatic heterocycles. The SMILES string of the molecule is CC(C)c1cc2c(-c3ccc(C(C)(C)C)cc3)cccc2[cH-]1.C[Si]C.Cc1cc2c(-c3ccc(C)c(C)c3)ccc(C)c2[cH-]1.[Cl][Zr+2][Cl]. The third kappa shape index (κ3) is 10.4. The van der Waals surface area contributed by atoms with Crippen molar-refractivity contribution in [3.8, 4) is 22.3 Å². The molecule has 244 valence electrons. The van der Waals surface area contributed by atoms with Crippen LogP contribution in [0.2, 0.25) is 13.1 Å². The number of hydrogen-bond donors (Lipinski definition) is 0. The van der Waals surface area contributed by atoms with Crippen molar-refractivity contribution in [1.82, 2.24) is 0 Å². The maximum atomic E-state index is 4.93. The third-order valence-electron chi connectivity index (χ3n) is 8.57. The third-order valence-corrected chi connectivity index (χ3v) is 8.57. The summed E-state index contributed by atoms with van der Waals surface area (Å²) in [5, 5.41) is 5.48. The van der Waals surface area contributed by atoms with E-state index in [-0.39, 0.29) is 5.41 Å². The van der Waals surface area contributed by atoms with Gasteiger partial charge in [0.05, 0.1) is 0 Å². The molecule has 6 aromatic rings. The van der Waals surface area contributed by atoms with Crippen LogP contribution in [0.1, 0.15) is 73.9 Å². The van der Waals surface area contributed by atoms with Crippen molar-refractivity contribution in [1.29, 1.82) is 0 Å². The summed E-state index contributed by atoms with van der Waals surface area (Å²) in [6.45, 7) is 24.3. The van der Waals surface area contributed by atoms with Crippen molar-refractivity contribution >= 4 is 48.1 Å². The summed E-state index contributed by atoms with van der Waals surface area (Å²) >= 11 is -0.826. The van der Waals surface area contributed by atoms with Crippen LogP contribution in [-0.4, -0.2) is 9.52 Å². The average molecular weight is 757 g/mol. The van der Waals surface area contributed by atoms with Crippen molar-refractivity contribution in [3.05, 3.63) is 130 Å². The maximum absolute atomic E-state index is 4.93. The van der Waals surface area contributed by atoms with E-state index in [2.05, 4.69) is 172 Å². The van der Waals surface area contributed by atoms with Gasteiger partial charge in [-0.2, -0.15) is 12.1 Å². The first kappa shape index (κ1) is 39.2. The molecule has 0 atom stereocenters. The van der Waals surface area contributed by atoms with Crippen molar-refractivity contribution in [2.75, 3.05) is 0 Å². The Balaban J connectivity index is 0.000000221. The van der Waals surface area contributed by atoms with Gasteiger partial charge < -0.3 is 0 Å². The number of rotatable bonds is 3. The van der Waals surface area contributed by atoms with Crippen molar-refractivity contribution < 1.29 is 20.8 Å². The van der Waals surface area contributed by atoms with Crippen LogP contribution in [0, 0.1) is 27.7 Å². The molecule has 47 heavy (non-hydrogen) atoms. The molecule has 0 bridgehead atoms. The molecule has 4 heteroatoms. The van der Waals surface area contributed by atoms with Crippen LogP contribution in [-0.2, 0) is 26.3 Å². The molecule has 0 nitrogen and oxygen atoms in total. The Morgan fingerprint density at radius 2 is 1.23 bits per heavy atom. The molecular formula is C43H50Cl2SiZr. The van der Waals surface area contributed by atoms with E-state index >= 15 is 0 Å². The molecule has 0 aliphatic rings. The van der Waals surface area contributed by atoms with E-state index < -0.39 is 20.8 Å². The van der Waals surface area contributed by atoms with E-state index in [1.807, 2.05) is 0 Å². The zero-order chi connectivity index (χ0) is 34.9. The minimum atomic E-state index is -0.826. The van der Waals surface area contributed by atoms with Gasteiger partial charge in [-0.15, -0.1) is 68.6 Å². The van der Waals surface area contributed by atoms with Gasteiger partial charge in [0, 0.05) is 9.52 Å². The van der Waals surface area contributed by atoms with Gasteiger partial charge in [-0.1, -0.05) is 127 Å². The molecule has 0 spiro atoms. The number of halogens is 2. The summed E-state index contributed by atoms with van der Waals surface area (Å²) in [4.78, 5) is 0. The quantitative estimate of drug-likeness (QED) is 0.125. The second kappa shape index (κ2) is 18.0. The van der Waals surface area contributed by atoms with Crippen LogP contribution < -0.4 is 0 Å². The van der Waals surface area contributed by atoms with E-state index in [1.54, 1.807) is 0 Å². The van der Waals surface area contributed by atoms with E-state index in [4.69, 9.17) is 17.0 Å². The summed E-state index contributed by atoms with van der Waals surface area (Å²) in [5.74, 6) is 0.573. The number of aryl methyl sites for hydroxylation is 4. The van der Waals surface area contributed by atoms with E-state index in [0.717, 1.165) is 9.52 Å². The van der Waals surface area contributed by atoms with Crippen LogP contribution in [0.5, 0.6) is 0 Å². The number of fused-ring (bicyclic) bond motifs is 2. The van der Waals surface area contributed by atoms with E-state index in [1.165, 1.54) is 77.2 Å². The van der Waals surface area contributed by atoms with Gasteiger partial charge in [-0.3, -0.25) is 0 Å². The second-order valence-electron chi connectivity index (χ2n) is 13.7. The Bertz CT molecular complexity index is 1860. The molecule has 0 heterocycles. The molecular weight excluding hydrogens is 707 g/mol. The predicted molar refractivity (Wildman–Crippen MR) is 211 cm³/mol. The van der Waals surface area contributed by atoms with Crippen LogP contribution in [0.4, 0.5) is 0 Å². The van der Waals surface area contributed by atoms with Crippen LogP contribution in [0.15, 0.2) is 97.1 Å². The first-order valence-corrected chi connectivity index (χ1v) is 24.7. The molecule has 0 unspecified atom stereocenters. The van der Waals surface area contributed by atoms with Crippen LogP contribution >= 0.6 is 17.0 Å². The molecule has 6 rings (SSSR count). The monoisotopic (exact) mass is 754 g/mol. The van der Waals surface area contributed by atoms with Gasteiger partial charge in [0.15, 0.2) is 0 Å². The van der Waals surface area contributed by atoms with E-state index in [0.29, 0.717) is 5.92 Å². The van der Waals surface area contributed by atoms with Gasteiger partial charge in [0.25, 0.3) is 0 Å². The molecule has 0 N–H and O–H groups in total. The average Bonchev–Trinajstić information content (AvgIpc) is 3.64. The normalized spacial score (nSPS) is 10.9. The summed E-state index contributed by atoms with van der Waals surface area (Å²) in [7, 11) is 11.0. The Kier molecular flexibility index (Phi) is 15.0. The molecule has 0 fully saturated rings. The summed E-state index contributed by atoms with van der Waals surface area (Å²) in [6, 6.07) is 36.2.